The first kappa shape index (κ1) is 10.5. The molecule has 1 heterocycles. The fourth-order valence-electron chi connectivity index (χ4n) is 1.82. The molecule has 1 N–H and O–H groups in total. The summed E-state index contributed by atoms with van der Waals surface area (Å²) in [7, 11) is 0. The van der Waals surface area contributed by atoms with Gasteiger partial charge >= 0.3 is 0 Å². The molecule has 3 nitrogen and oxygen atoms in total. The van der Waals surface area contributed by atoms with Crippen LogP contribution < -0.4 is 5.32 Å². The summed E-state index contributed by atoms with van der Waals surface area (Å²) in [5.74, 6) is 0. The average Bonchev–Trinajstić information content (AvgIpc) is 2.03. The van der Waals surface area contributed by atoms with Crippen LogP contribution in [0.25, 0.3) is 0 Å². The Morgan fingerprint density at radius 1 is 1.54 bits per heavy atom. The van der Waals surface area contributed by atoms with E-state index < -0.39 is 0 Å². The zero-order chi connectivity index (χ0) is 9.73. The molecule has 3 heteroatoms. The normalized spacial score (nSPS) is 22.5. The number of nitriles is 1. The van der Waals surface area contributed by atoms with E-state index in [1.165, 1.54) is 0 Å². The number of hydrogen-bond acceptors (Lipinski definition) is 3. The third-order valence-corrected chi connectivity index (χ3v) is 2.41. The van der Waals surface area contributed by atoms with Crippen molar-refractivity contribution in [2.24, 2.45) is 0 Å². The molecule has 1 fully saturated rings. The Bertz CT molecular complexity index is 193. The summed E-state index contributed by atoms with van der Waals surface area (Å²) in [6, 6.07) is 2.19. The van der Waals surface area contributed by atoms with Crippen molar-refractivity contribution in [2.75, 3.05) is 26.2 Å². The highest BCUT2D eigenvalue weighted by molar-refractivity contribution is 4.86. The molecular weight excluding hydrogens is 162 g/mol. The highest BCUT2D eigenvalue weighted by Gasteiger charge is 2.24. The summed E-state index contributed by atoms with van der Waals surface area (Å²) >= 11 is 0. The lowest BCUT2D eigenvalue weighted by atomic mass is 10.0. The topological polar surface area (TPSA) is 39.1 Å². The Morgan fingerprint density at radius 2 is 2.31 bits per heavy atom. The molecule has 0 atom stereocenters. The largest absolute Gasteiger partial charge is 0.309 e. The summed E-state index contributed by atoms with van der Waals surface area (Å²) < 4.78 is 0. The van der Waals surface area contributed by atoms with Crippen molar-refractivity contribution < 1.29 is 0 Å². The molecule has 0 aliphatic carbocycles. The van der Waals surface area contributed by atoms with Gasteiger partial charge in [0.15, 0.2) is 0 Å². The SMILES string of the molecule is CC1(C)CN(CCCC#N)CCN1. The monoisotopic (exact) mass is 181 g/mol. The average molecular weight is 181 g/mol. The van der Waals surface area contributed by atoms with Crippen molar-refractivity contribution in [3.8, 4) is 6.07 Å². The van der Waals surface area contributed by atoms with Crippen LogP contribution in [0.3, 0.4) is 0 Å². The first-order valence-corrected chi connectivity index (χ1v) is 4.98. The standard InChI is InChI=1S/C10H19N3/c1-10(2)9-13(8-6-12-10)7-4-3-5-11/h12H,3-4,6-9H2,1-2H3. The van der Waals surface area contributed by atoms with Gasteiger partial charge < -0.3 is 10.2 Å². The number of unbranched alkanes of at least 4 members (excludes halogenated alkanes) is 1. The highest BCUT2D eigenvalue weighted by Crippen LogP contribution is 2.10. The van der Waals surface area contributed by atoms with Crippen LogP contribution >= 0.6 is 0 Å². The molecule has 0 bridgehead atoms. The minimum atomic E-state index is 0.241. The fraction of sp³-hybridized carbons (Fsp3) is 0.900. The Morgan fingerprint density at radius 3 is 2.92 bits per heavy atom. The highest BCUT2D eigenvalue weighted by atomic mass is 15.2. The van der Waals surface area contributed by atoms with Gasteiger partial charge in [-0.3, -0.25) is 0 Å². The van der Waals surface area contributed by atoms with Crippen LogP contribution in [0.1, 0.15) is 26.7 Å². The van der Waals surface area contributed by atoms with Gasteiger partial charge in [0.1, 0.15) is 0 Å². The van der Waals surface area contributed by atoms with Crippen LogP contribution in [0.2, 0.25) is 0 Å². The number of nitrogens with zero attached hydrogens (tertiary/aromatic N) is 2. The molecule has 0 aromatic heterocycles. The molecule has 0 radical (unpaired) electrons. The Kier molecular flexibility index (Phi) is 3.71. The zero-order valence-corrected chi connectivity index (χ0v) is 8.64. The van der Waals surface area contributed by atoms with E-state index in [1.54, 1.807) is 0 Å². The smallest absolute Gasteiger partial charge is 0.0622 e. The van der Waals surface area contributed by atoms with Gasteiger partial charge in [0.25, 0.3) is 0 Å². The third kappa shape index (κ3) is 3.75. The number of piperazine rings is 1. The second-order valence-corrected chi connectivity index (χ2v) is 4.35. The van der Waals surface area contributed by atoms with Crippen LogP contribution in [-0.4, -0.2) is 36.6 Å². The summed E-state index contributed by atoms with van der Waals surface area (Å²) in [5, 5.41) is 11.9. The predicted octanol–water partition coefficient (Wildman–Crippen LogP) is 0.974. The maximum atomic E-state index is 8.42. The van der Waals surface area contributed by atoms with Gasteiger partial charge in [0, 0.05) is 31.6 Å². The Labute approximate surface area is 80.7 Å². The molecule has 13 heavy (non-hydrogen) atoms. The number of nitrogens with one attached hydrogen (secondary N) is 1. The Hall–Kier alpha value is -0.590. The minimum absolute atomic E-state index is 0.241. The second kappa shape index (κ2) is 4.59. The van der Waals surface area contributed by atoms with E-state index in [2.05, 4.69) is 30.1 Å². The van der Waals surface area contributed by atoms with E-state index in [9.17, 15) is 0 Å². The van der Waals surface area contributed by atoms with Gasteiger partial charge in [0.05, 0.1) is 6.07 Å². The fourth-order valence-corrected chi connectivity index (χ4v) is 1.82. The summed E-state index contributed by atoms with van der Waals surface area (Å²) in [6.07, 6.45) is 1.69. The van der Waals surface area contributed by atoms with E-state index in [0.29, 0.717) is 6.42 Å². The first-order valence-electron chi connectivity index (χ1n) is 4.98. The van der Waals surface area contributed by atoms with E-state index in [1.807, 2.05) is 0 Å². The van der Waals surface area contributed by atoms with Gasteiger partial charge in [-0.2, -0.15) is 5.26 Å². The quantitative estimate of drug-likeness (QED) is 0.659. The van der Waals surface area contributed by atoms with Gasteiger partial charge in [-0.15, -0.1) is 0 Å². The molecule has 74 valence electrons. The van der Waals surface area contributed by atoms with E-state index in [4.69, 9.17) is 5.26 Å². The Balaban J connectivity index is 2.23. The zero-order valence-electron chi connectivity index (χ0n) is 8.64. The van der Waals surface area contributed by atoms with Crippen LogP contribution in [0.5, 0.6) is 0 Å². The molecule has 0 aromatic rings. The minimum Gasteiger partial charge on any atom is -0.309 e. The van der Waals surface area contributed by atoms with Crippen molar-refractivity contribution in [3.63, 3.8) is 0 Å². The number of hydrogen-bond donors (Lipinski definition) is 1. The van der Waals surface area contributed by atoms with Gasteiger partial charge in [-0.05, 0) is 26.8 Å². The van der Waals surface area contributed by atoms with E-state index in [0.717, 1.165) is 32.6 Å². The molecule has 0 unspecified atom stereocenters. The lowest BCUT2D eigenvalue weighted by molar-refractivity contribution is 0.154. The van der Waals surface area contributed by atoms with Crippen LogP contribution in [-0.2, 0) is 0 Å². The maximum Gasteiger partial charge on any atom is 0.0622 e. The summed E-state index contributed by atoms with van der Waals surface area (Å²) in [4.78, 5) is 2.44. The summed E-state index contributed by atoms with van der Waals surface area (Å²) in [6.45, 7) is 8.80. The molecule has 1 rings (SSSR count). The van der Waals surface area contributed by atoms with Crippen molar-refractivity contribution in [3.05, 3.63) is 0 Å². The van der Waals surface area contributed by atoms with Crippen molar-refractivity contribution in [1.82, 2.24) is 10.2 Å². The van der Waals surface area contributed by atoms with Gasteiger partial charge in [-0.1, -0.05) is 0 Å². The summed E-state index contributed by atoms with van der Waals surface area (Å²) in [5.41, 5.74) is 0.241. The van der Waals surface area contributed by atoms with Gasteiger partial charge in [-0.25, -0.2) is 0 Å². The van der Waals surface area contributed by atoms with Crippen LogP contribution in [0.4, 0.5) is 0 Å². The molecule has 0 amide bonds. The van der Waals surface area contributed by atoms with E-state index in [-0.39, 0.29) is 5.54 Å². The molecular formula is C10H19N3. The van der Waals surface area contributed by atoms with Crippen molar-refractivity contribution >= 4 is 0 Å². The molecule has 0 aromatic carbocycles. The predicted molar refractivity (Wildman–Crippen MR) is 53.4 cm³/mol. The first-order chi connectivity index (χ1) is 6.14. The second-order valence-electron chi connectivity index (χ2n) is 4.35. The number of rotatable bonds is 3. The maximum absolute atomic E-state index is 8.42. The molecule has 0 spiro atoms. The lowest BCUT2D eigenvalue weighted by Gasteiger charge is -2.39. The van der Waals surface area contributed by atoms with Crippen LogP contribution in [0.15, 0.2) is 0 Å². The molecule has 1 aliphatic heterocycles. The van der Waals surface area contributed by atoms with Crippen molar-refractivity contribution in [1.29, 1.82) is 5.26 Å². The van der Waals surface area contributed by atoms with E-state index >= 15 is 0 Å². The van der Waals surface area contributed by atoms with Crippen molar-refractivity contribution in [2.45, 2.75) is 32.2 Å². The molecule has 1 saturated heterocycles. The van der Waals surface area contributed by atoms with Gasteiger partial charge in [0.2, 0.25) is 0 Å². The third-order valence-electron chi connectivity index (χ3n) is 2.41. The molecule has 1 aliphatic rings. The van der Waals surface area contributed by atoms with Crippen LogP contribution in [0, 0.1) is 11.3 Å². The molecule has 0 saturated carbocycles. The lowest BCUT2D eigenvalue weighted by Crippen LogP contribution is -2.57.